The normalized spacial score (nSPS) is 10.7. The van der Waals surface area contributed by atoms with Gasteiger partial charge in [-0.05, 0) is 25.5 Å². The monoisotopic (exact) mass is 235 g/mol. The molecule has 4 heteroatoms. The standard InChI is InChI=1S/C12H14ClN3/c1-9-3-4-12(10(2)7-9)16-8-11(5-6-13)14-15-16/h3-4,7-8H,5-6H2,1-2H3. The van der Waals surface area contributed by atoms with Crippen LogP contribution in [0.2, 0.25) is 0 Å². The maximum Gasteiger partial charge on any atom is 0.0843 e. The molecule has 84 valence electrons. The number of aryl methyl sites for hydroxylation is 3. The van der Waals surface area contributed by atoms with Gasteiger partial charge in [-0.15, -0.1) is 16.7 Å². The summed E-state index contributed by atoms with van der Waals surface area (Å²) in [6.07, 6.45) is 2.69. The van der Waals surface area contributed by atoms with Crippen LogP contribution in [0.1, 0.15) is 16.8 Å². The fourth-order valence-corrected chi connectivity index (χ4v) is 1.88. The quantitative estimate of drug-likeness (QED) is 0.766. The first kappa shape index (κ1) is 11.1. The maximum atomic E-state index is 5.67. The molecule has 0 saturated heterocycles. The third-order valence-electron chi connectivity index (χ3n) is 2.49. The van der Waals surface area contributed by atoms with Crippen LogP contribution in [-0.2, 0) is 6.42 Å². The van der Waals surface area contributed by atoms with Crippen LogP contribution in [0, 0.1) is 13.8 Å². The van der Waals surface area contributed by atoms with Crippen molar-refractivity contribution < 1.29 is 0 Å². The van der Waals surface area contributed by atoms with E-state index in [0.717, 1.165) is 17.8 Å². The van der Waals surface area contributed by atoms with Crippen LogP contribution in [0.15, 0.2) is 24.4 Å². The van der Waals surface area contributed by atoms with Crippen molar-refractivity contribution in [3.8, 4) is 5.69 Å². The Balaban J connectivity index is 2.35. The van der Waals surface area contributed by atoms with Crippen molar-refractivity contribution in [1.29, 1.82) is 0 Å². The Morgan fingerprint density at radius 2 is 2.12 bits per heavy atom. The van der Waals surface area contributed by atoms with Crippen molar-refractivity contribution in [2.24, 2.45) is 0 Å². The summed E-state index contributed by atoms with van der Waals surface area (Å²) in [5.41, 5.74) is 4.44. The Hall–Kier alpha value is -1.35. The van der Waals surface area contributed by atoms with Gasteiger partial charge in [0.15, 0.2) is 0 Å². The van der Waals surface area contributed by atoms with Gasteiger partial charge in [-0.3, -0.25) is 0 Å². The number of aromatic nitrogens is 3. The SMILES string of the molecule is Cc1ccc(-n2cc(CCCl)nn2)c(C)c1. The highest BCUT2D eigenvalue weighted by Gasteiger charge is 2.04. The Bertz CT molecular complexity index is 491. The molecule has 16 heavy (non-hydrogen) atoms. The van der Waals surface area contributed by atoms with Crippen molar-refractivity contribution in [2.45, 2.75) is 20.3 Å². The van der Waals surface area contributed by atoms with Gasteiger partial charge in [0, 0.05) is 12.3 Å². The lowest BCUT2D eigenvalue weighted by atomic mass is 10.1. The van der Waals surface area contributed by atoms with Gasteiger partial charge >= 0.3 is 0 Å². The molecule has 1 aromatic carbocycles. The summed E-state index contributed by atoms with van der Waals surface area (Å²) < 4.78 is 1.80. The van der Waals surface area contributed by atoms with Crippen LogP contribution in [0.3, 0.4) is 0 Å². The fourth-order valence-electron chi connectivity index (χ4n) is 1.69. The van der Waals surface area contributed by atoms with Crippen LogP contribution in [-0.4, -0.2) is 20.9 Å². The highest BCUT2D eigenvalue weighted by atomic mass is 35.5. The van der Waals surface area contributed by atoms with Crippen LogP contribution in [0.4, 0.5) is 0 Å². The molecule has 3 nitrogen and oxygen atoms in total. The van der Waals surface area contributed by atoms with Gasteiger partial charge in [-0.1, -0.05) is 22.9 Å². The molecule has 0 fully saturated rings. The zero-order valence-corrected chi connectivity index (χ0v) is 10.2. The molecule has 2 rings (SSSR count). The summed E-state index contributed by atoms with van der Waals surface area (Å²) in [6.45, 7) is 4.16. The van der Waals surface area contributed by atoms with Gasteiger partial charge in [0.2, 0.25) is 0 Å². The van der Waals surface area contributed by atoms with Crippen molar-refractivity contribution in [2.75, 3.05) is 5.88 Å². The molecule has 1 aromatic heterocycles. The Morgan fingerprint density at radius 3 is 2.81 bits per heavy atom. The number of hydrogen-bond donors (Lipinski definition) is 0. The minimum absolute atomic E-state index is 0.575. The van der Waals surface area contributed by atoms with Crippen LogP contribution >= 0.6 is 11.6 Å². The van der Waals surface area contributed by atoms with E-state index in [1.165, 1.54) is 11.1 Å². The first-order valence-corrected chi connectivity index (χ1v) is 5.79. The van der Waals surface area contributed by atoms with Gasteiger partial charge in [0.25, 0.3) is 0 Å². The van der Waals surface area contributed by atoms with Gasteiger partial charge in [-0.2, -0.15) is 0 Å². The fraction of sp³-hybridized carbons (Fsp3) is 0.333. The highest BCUT2D eigenvalue weighted by molar-refractivity contribution is 6.17. The summed E-state index contributed by atoms with van der Waals surface area (Å²) in [7, 11) is 0. The number of halogens is 1. The highest BCUT2D eigenvalue weighted by Crippen LogP contribution is 2.14. The average molecular weight is 236 g/mol. The van der Waals surface area contributed by atoms with E-state index in [1.807, 2.05) is 6.20 Å². The summed E-state index contributed by atoms with van der Waals surface area (Å²) >= 11 is 5.67. The van der Waals surface area contributed by atoms with E-state index in [4.69, 9.17) is 11.6 Å². The molecule has 0 unspecified atom stereocenters. The van der Waals surface area contributed by atoms with Gasteiger partial charge < -0.3 is 0 Å². The first-order valence-electron chi connectivity index (χ1n) is 5.25. The van der Waals surface area contributed by atoms with Crippen LogP contribution in [0.5, 0.6) is 0 Å². The Morgan fingerprint density at radius 1 is 1.31 bits per heavy atom. The van der Waals surface area contributed by atoms with Gasteiger partial charge in [-0.25, -0.2) is 4.68 Å². The smallest absolute Gasteiger partial charge is 0.0843 e. The second kappa shape index (κ2) is 4.66. The van der Waals surface area contributed by atoms with Crippen molar-refractivity contribution in [1.82, 2.24) is 15.0 Å². The molecule has 0 spiro atoms. The first-order chi connectivity index (χ1) is 7.70. The summed E-state index contributed by atoms with van der Waals surface area (Å²) in [6, 6.07) is 6.27. The summed E-state index contributed by atoms with van der Waals surface area (Å²) in [5.74, 6) is 0.575. The molecule has 2 aromatic rings. The van der Waals surface area contributed by atoms with Crippen LogP contribution in [0.25, 0.3) is 5.69 Å². The Labute approximate surface area is 100 Å². The molecule has 0 amide bonds. The molecular weight excluding hydrogens is 222 g/mol. The molecule has 1 heterocycles. The molecule has 0 N–H and O–H groups in total. The number of benzene rings is 1. The van der Waals surface area contributed by atoms with Crippen molar-refractivity contribution in [3.05, 3.63) is 41.2 Å². The molecule has 0 radical (unpaired) electrons. The molecule has 0 aliphatic heterocycles. The van der Waals surface area contributed by atoms with Crippen molar-refractivity contribution >= 4 is 11.6 Å². The predicted octanol–water partition coefficient (Wildman–Crippen LogP) is 2.67. The van der Waals surface area contributed by atoms with E-state index < -0.39 is 0 Å². The zero-order chi connectivity index (χ0) is 11.5. The minimum Gasteiger partial charge on any atom is -0.220 e. The molecular formula is C12H14ClN3. The van der Waals surface area contributed by atoms with Gasteiger partial charge in [0.1, 0.15) is 0 Å². The second-order valence-electron chi connectivity index (χ2n) is 3.88. The molecule has 0 bridgehead atoms. The summed E-state index contributed by atoms with van der Waals surface area (Å²) in [4.78, 5) is 0. The average Bonchev–Trinajstić information content (AvgIpc) is 2.67. The van der Waals surface area contributed by atoms with Crippen molar-refractivity contribution in [3.63, 3.8) is 0 Å². The molecule has 0 saturated carbocycles. The number of rotatable bonds is 3. The largest absolute Gasteiger partial charge is 0.220 e. The maximum absolute atomic E-state index is 5.67. The summed E-state index contributed by atoms with van der Waals surface area (Å²) in [5, 5.41) is 8.18. The Kier molecular flexibility index (Phi) is 3.25. The topological polar surface area (TPSA) is 30.7 Å². The zero-order valence-electron chi connectivity index (χ0n) is 9.44. The lowest BCUT2D eigenvalue weighted by molar-refractivity contribution is 0.793. The minimum atomic E-state index is 0.575. The van der Waals surface area contributed by atoms with Crippen LogP contribution < -0.4 is 0 Å². The third-order valence-corrected chi connectivity index (χ3v) is 2.68. The van der Waals surface area contributed by atoms with E-state index in [0.29, 0.717) is 5.88 Å². The molecule has 0 aliphatic rings. The second-order valence-corrected chi connectivity index (χ2v) is 4.26. The number of nitrogens with zero attached hydrogens (tertiary/aromatic N) is 3. The predicted molar refractivity (Wildman–Crippen MR) is 65.3 cm³/mol. The molecule has 0 atom stereocenters. The van der Waals surface area contributed by atoms with E-state index in [-0.39, 0.29) is 0 Å². The molecule has 0 aliphatic carbocycles. The lowest BCUT2D eigenvalue weighted by Gasteiger charge is -2.05. The van der Waals surface area contributed by atoms with E-state index in [2.05, 4.69) is 42.4 Å². The van der Waals surface area contributed by atoms with E-state index in [9.17, 15) is 0 Å². The van der Waals surface area contributed by atoms with E-state index in [1.54, 1.807) is 4.68 Å². The van der Waals surface area contributed by atoms with E-state index >= 15 is 0 Å². The lowest BCUT2D eigenvalue weighted by Crippen LogP contribution is -1.98. The van der Waals surface area contributed by atoms with Gasteiger partial charge in [0.05, 0.1) is 17.6 Å². The third kappa shape index (κ3) is 2.25. The number of alkyl halides is 1. The number of hydrogen-bond acceptors (Lipinski definition) is 2.